The Labute approximate surface area is 127 Å². The maximum atomic E-state index is 13.7. The Morgan fingerprint density at radius 2 is 1.89 bits per heavy atom. The molecule has 0 aliphatic rings. The van der Waals surface area contributed by atoms with Crippen molar-refractivity contribution in [2.24, 2.45) is 0 Å². The number of carbonyl (C=O) groups is 1. The van der Waals surface area contributed by atoms with E-state index in [-0.39, 0.29) is 5.56 Å². The highest BCUT2D eigenvalue weighted by molar-refractivity contribution is 9.11. The first-order chi connectivity index (χ1) is 8.99. The fraction of sp³-hybridized carbons (Fsp3) is 0.0714. The molecule has 5 heteroatoms. The SMILES string of the molecule is Cc1ccc(NC(=O)c2c(F)cccc2Br)c(Br)c1. The minimum Gasteiger partial charge on any atom is -0.321 e. The second kappa shape index (κ2) is 5.84. The van der Waals surface area contributed by atoms with Gasteiger partial charge in [0.25, 0.3) is 5.91 Å². The number of hydrogen-bond donors (Lipinski definition) is 1. The van der Waals surface area contributed by atoms with Crippen LogP contribution in [-0.2, 0) is 0 Å². The first kappa shape index (κ1) is 14.2. The monoisotopic (exact) mass is 385 g/mol. The van der Waals surface area contributed by atoms with E-state index >= 15 is 0 Å². The lowest BCUT2D eigenvalue weighted by Crippen LogP contribution is -2.14. The summed E-state index contributed by atoms with van der Waals surface area (Å²) in [4.78, 5) is 12.1. The van der Waals surface area contributed by atoms with Gasteiger partial charge >= 0.3 is 0 Å². The second-order valence-electron chi connectivity index (χ2n) is 4.03. The summed E-state index contributed by atoms with van der Waals surface area (Å²) in [5, 5.41) is 2.68. The van der Waals surface area contributed by atoms with E-state index in [2.05, 4.69) is 37.2 Å². The van der Waals surface area contributed by atoms with Crippen molar-refractivity contribution in [1.82, 2.24) is 0 Å². The summed E-state index contributed by atoms with van der Waals surface area (Å²) in [6.07, 6.45) is 0. The molecule has 0 saturated heterocycles. The van der Waals surface area contributed by atoms with Crippen LogP contribution in [0.25, 0.3) is 0 Å². The Bertz CT molecular complexity index is 623. The quantitative estimate of drug-likeness (QED) is 0.780. The molecule has 0 saturated carbocycles. The number of anilines is 1. The fourth-order valence-electron chi connectivity index (χ4n) is 1.62. The maximum Gasteiger partial charge on any atom is 0.259 e. The molecule has 0 aromatic heterocycles. The number of aryl methyl sites for hydroxylation is 1. The van der Waals surface area contributed by atoms with Crippen molar-refractivity contribution >= 4 is 43.5 Å². The van der Waals surface area contributed by atoms with Gasteiger partial charge in [0.2, 0.25) is 0 Å². The minimum absolute atomic E-state index is 0.00465. The highest BCUT2D eigenvalue weighted by atomic mass is 79.9. The molecule has 1 N–H and O–H groups in total. The molecule has 2 rings (SSSR count). The Balaban J connectivity index is 2.31. The molecule has 0 heterocycles. The lowest BCUT2D eigenvalue weighted by molar-refractivity contribution is 0.102. The molecule has 19 heavy (non-hydrogen) atoms. The van der Waals surface area contributed by atoms with Crippen LogP contribution in [0.3, 0.4) is 0 Å². The molecule has 0 bridgehead atoms. The summed E-state index contributed by atoms with van der Waals surface area (Å²) in [5.74, 6) is -1.05. The van der Waals surface area contributed by atoms with Crippen molar-refractivity contribution in [1.29, 1.82) is 0 Å². The van der Waals surface area contributed by atoms with Crippen LogP contribution in [0.4, 0.5) is 10.1 Å². The summed E-state index contributed by atoms with van der Waals surface area (Å²) < 4.78 is 14.8. The third kappa shape index (κ3) is 3.22. The van der Waals surface area contributed by atoms with Crippen LogP contribution in [0.2, 0.25) is 0 Å². The van der Waals surface area contributed by atoms with Crippen LogP contribution in [0.5, 0.6) is 0 Å². The minimum atomic E-state index is -0.560. The van der Waals surface area contributed by atoms with Gasteiger partial charge in [0.15, 0.2) is 0 Å². The largest absolute Gasteiger partial charge is 0.321 e. The predicted octanol–water partition coefficient (Wildman–Crippen LogP) is 4.91. The van der Waals surface area contributed by atoms with Crippen LogP contribution >= 0.6 is 31.9 Å². The van der Waals surface area contributed by atoms with E-state index < -0.39 is 11.7 Å². The van der Waals surface area contributed by atoms with Gasteiger partial charge < -0.3 is 5.32 Å². The van der Waals surface area contributed by atoms with Crippen LogP contribution in [0.1, 0.15) is 15.9 Å². The molecule has 2 nitrogen and oxygen atoms in total. The molecule has 0 radical (unpaired) electrons. The Kier molecular flexibility index (Phi) is 4.37. The van der Waals surface area contributed by atoms with Gasteiger partial charge in [-0.15, -0.1) is 0 Å². The lowest BCUT2D eigenvalue weighted by Gasteiger charge is -2.10. The number of benzene rings is 2. The van der Waals surface area contributed by atoms with E-state index in [0.717, 1.165) is 10.0 Å². The van der Waals surface area contributed by atoms with Gasteiger partial charge in [-0.25, -0.2) is 4.39 Å². The second-order valence-corrected chi connectivity index (χ2v) is 5.74. The third-order valence-corrected chi connectivity index (χ3v) is 3.88. The number of hydrogen-bond acceptors (Lipinski definition) is 1. The number of rotatable bonds is 2. The van der Waals surface area contributed by atoms with Crippen LogP contribution in [0.15, 0.2) is 45.3 Å². The Morgan fingerprint density at radius 3 is 2.53 bits per heavy atom. The molecular formula is C14H10Br2FNO. The highest BCUT2D eigenvalue weighted by Crippen LogP contribution is 2.26. The number of halogens is 3. The zero-order valence-electron chi connectivity index (χ0n) is 10.0. The van der Waals surface area contributed by atoms with Gasteiger partial charge in [0.1, 0.15) is 5.82 Å². The van der Waals surface area contributed by atoms with Crippen molar-refractivity contribution in [3.05, 3.63) is 62.3 Å². The maximum absolute atomic E-state index is 13.7. The zero-order chi connectivity index (χ0) is 14.0. The average Bonchev–Trinajstić information content (AvgIpc) is 2.32. The van der Waals surface area contributed by atoms with Crippen molar-refractivity contribution in [2.75, 3.05) is 5.32 Å². The zero-order valence-corrected chi connectivity index (χ0v) is 13.2. The van der Waals surface area contributed by atoms with Crippen molar-refractivity contribution in [2.45, 2.75) is 6.92 Å². The van der Waals surface area contributed by atoms with E-state index in [9.17, 15) is 9.18 Å². The fourth-order valence-corrected chi connectivity index (χ4v) is 2.74. The molecule has 0 aliphatic heterocycles. The van der Waals surface area contributed by atoms with Gasteiger partial charge in [-0.3, -0.25) is 4.79 Å². The average molecular weight is 387 g/mol. The molecule has 1 amide bonds. The molecule has 2 aromatic carbocycles. The molecule has 0 fully saturated rings. The summed E-state index contributed by atoms with van der Waals surface area (Å²) in [6, 6.07) is 9.94. The van der Waals surface area contributed by atoms with Crippen molar-refractivity contribution in [3.63, 3.8) is 0 Å². The third-order valence-electron chi connectivity index (χ3n) is 2.56. The molecule has 98 valence electrons. The van der Waals surface area contributed by atoms with Crippen LogP contribution in [0, 0.1) is 12.7 Å². The Hall–Kier alpha value is -1.20. The molecule has 0 atom stereocenters. The van der Waals surface area contributed by atoms with E-state index in [0.29, 0.717) is 10.2 Å². The number of nitrogens with one attached hydrogen (secondary N) is 1. The van der Waals surface area contributed by atoms with Gasteiger partial charge in [-0.2, -0.15) is 0 Å². The van der Waals surface area contributed by atoms with Gasteiger partial charge in [-0.05, 0) is 68.6 Å². The summed E-state index contributed by atoms with van der Waals surface area (Å²) in [6.45, 7) is 1.95. The van der Waals surface area contributed by atoms with Gasteiger partial charge in [-0.1, -0.05) is 12.1 Å². The topological polar surface area (TPSA) is 29.1 Å². The van der Waals surface area contributed by atoms with Crippen molar-refractivity contribution < 1.29 is 9.18 Å². The van der Waals surface area contributed by atoms with Gasteiger partial charge in [0.05, 0.1) is 11.3 Å². The first-order valence-corrected chi connectivity index (χ1v) is 7.09. The van der Waals surface area contributed by atoms with Gasteiger partial charge in [0, 0.05) is 8.95 Å². The number of carbonyl (C=O) groups excluding carboxylic acids is 1. The Morgan fingerprint density at radius 1 is 1.16 bits per heavy atom. The summed E-state index contributed by atoms with van der Waals surface area (Å²) >= 11 is 6.54. The smallest absolute Gasteiger partial charge is 0.259 e. The van der Waals surface area contributed by atoms with E-state index in [1.165, 1.54) is 12.1 Å². The first-order valence-electron chi connectivity index (χ1n) is 5.50. The lowest BCUT2D eigenvalue weighted by atomic mass is 10.2. The highest BCUT2D eigenvalue weighted by Gasteiger charge is 2.16. The normalized spacial score (nSPS) is 10.3. The van der Waals surface area contributed by atoms with E-state index in [1.54, 1.807) is 12.1 Å². The molecule has 2 aromatic rings. The van der Waals surface area contributed by atoms with Crippen molar-refractivity contribution in [3.8, 4) is 0 Å². The van der Waals surface area contributed by atoms with Crippen LogP contribution < -0.4 is 5.32 Å². The molecular weight excluding hydrogens is 377 g/mol. The summed E-state index contributed by atoms with van der Waals surface area (Å²) in [5.41, 5.74) is 1.66. The molecule has 0 spiro atoms. The van der Waals surface area contributed by atoms with E-state index in [4.69, 9.17) is 0 Å². The standard InChI is InChI=1S/C14H10Br2FNO/c1-8-5-6-12(10(16)7-8)18-14(19)13-9(15)3-2-4-11(13)17/h2-7H,1H3,(H,18,19). The van der Waals surface area contributed by atoms with E-state index in [1.807, 2.05) is 19.1 Å². The predicted molar refractivity (Wildman–Crippen MR) is 80.9 cm³/mol. The molecule has 0 aliphatic carbocycles. The molecule has 0 unspecified atom stereocenters. The number of amides is 1. The van der Waals surface area contributed by atoms with Crippen LogP contribution in [-0.4, -0.2) is 5.91 Å². The summed E-state index contributed by atoms with van der Waals surface area (Å²) in [7, 11) is 0.